The van der Waals surface area contributed by atoms with Crippen LogP contribution in [0, 0.1) is 0 Å². The lowest BCUT2D eigenvalue weighted by molar-refractivity contribution is 0.280. The zero-order chi connectivity index (χ0) is 13.7. The van der Waals surface area contributed by atoms with Crippen LogP contribution in [-0.2, 0) is 13.2 Å². The summed E-state index contributed by atoms with van der Waals surface area (Å²) >= 11 is 3.44. The van der Waals surface area contributed by atoms with Crippen molar-refractivity contribution in [3.05, 3.63) is 69.7 Å². The van der Waals surface area contributed by atoms with Gasteiger partial charge in [0.2, 0.25) is 0 Å². The quantitative estimate of drug-likeness (QED) is 0.878. The van der Waals surface area contributed by atoms with Gasteiger partial charge in [-0.15, -0.1) is 0 Å². The van der Waals surface area contributed by atoms with Gasteiger partial charge in [0.1, 0.15) is 0 Å². The highest BCUT2D eigenvalue weighted by Crippen LogP contribution is 2.17. The van der Waals surface area contributed by atoms with Crippen LogP contribution in [0.5, 0.6) is 0 Å². The lowest BCUT2D eigenvalue weighted by Gasteiger charge is -2.16. The summed E-state index contributed by atoms with van der Waals surface area (Å²) in [6, 6.07) is 16.6. The average Bonchev–Trinajstić information content (AvgIpc) is 2.45. The molecular weight excluding hydrogens is 302 g/mol. The Labute approximate surface area is 122 Å². The van der Waals surface area contributed by atoms with Gasteiger partial charge in [-0.1, -0.05) is 52.3 Å². The molecule has 0 amide bonds. The van der Waals surface area contributed by atoms with Crippen LogP contribution in [-0.4, -0.2) is 5.11 Å². The number of aliphatic hydroxyl groups excluding tert-OH is 1. The standard InChI is InChI=1S/C16H18BrNO/c1-12(13-6-8-16(17)9-7-13)18-10-14-4-2-3-5-15(14)11-19/h2-9,12,18-19H,10-11H2,1H3. The summed E-state index contributed by atoms with van der Waals surface area (Å²) in [4.78, 5) is 0. The lowest BCUT2D eigenvalue weighted by Crippen LogP contribution is -2.18. The second-order valence-corrected chi connectivity index (χ2v) is 5.50. The molecule has 0 bridgehead atoms. The largest absolute Gasteiger partial charge is 0.392 e. The van der Waals surface area contributed by atoms with Gasteiger partial charge in [0.05, 0.1) is 6.61 Å². The first-order valence-electron chi connectivity index (χ1n) is 6.37. The molecule has 0 radical (unpaired) electrons. The van der Waals surface area contributed by atoms with Crippen LogP contribution in [0.3, 0.4) is 0 Å². The van der Waals surface area contributed by atoms with Gasteiger partial charge in [0.25, 0.3) is 0 Å². The molecule has 0 aromatic heterocycles. The fraction of sp³-hybridized carbons (Fsp3) is 0.250. The number of aliphatic hydroxyl groups is 1. The Morgan fingerprint density at radius 2 is 1.68 bits per heavy atom. The Kier molecular flexibility index (Phi) is 5.14. The topological polar surface area (TPSA) is 32.3 Å². The zero-order valence-corrected chi connectivity index (χ0v) is 12.5. The number of hydrogen-bond acceptors (Lipinski definition) is 2. The third-order valence-corrected chi connectivity index (χ3v) is 3.79. The molecule has 2 aromatic rings. The van der Waals surface area contributed by atoms with E-state index in [1.165, 1.54) is 5.56 Å². The number of benzene rings is 2. The predicted molar refractivity (Wildman–Crippen MR) is 81.8 cm³/mol. The van der Waals surface area contributed by atoms with E-state index in [1.807, 2.05) is 24.3 Å². The highest BCUT2D eigenvalue weighted by atomic mass is 79.9. The third kappa shape index (κ3) is 3.90. The summed E-state index contributed by atoms with van der Waals surface area (Å²) in [5.74, 6) is 0. The molecule has 2 N–H and O–H groups in total. The van der Waals surface area contributed by atoms with Crippen molar-refractivity contribution in [2.45, 2.75) is 26.1 Å². The van der Waals surface area contributed by atoms with Crippen molar-refractivity contribution >= 4 is 15.9 Å². The number of nitrogens with one attached hydrogen (secondary N) is 1. The molecule has 100 valence electrons. The van der Waals surface area contributed by atoms with E-state index in [0.717, 1.165) is 22.1 Å². The summed E-state index contributed by atoms with van der Waals surface area (Å²) in [6.45, 7) is 2.99. The van der Waals surface area contributed by atoms with Crippen molar-refractivity contribution in [2.24, 2.45) is 0 Å². The van der Waals surface area contributed by atoms with Gasteiger partial charge < -0.3 is 10.4 Å². The highest BCUT2D eigenvalue weighted by Gasteiger charge is 2.06. The van der Waals surface area contributed by atoms with E-state index >= 15 is 0 Å². The Hall–Kier alpha value is -1.16. The molecule has 2 nitrogen and oxygen atoms in total. The van der Waals surface area contributed by atoms with Crippen molar-refractivity contribution in [1.82, 2.24) is 5.32 Å². The molecule has 0 aliphatic heterocycles. The first-order valence-corrected chi connectivity index (χ1v) is 7.16. The Morgan fingerprint density at radius 3 is 2.32 bits per heavy atom. The molecule has 2 aromatic carbocycles. The van der Waals surface area contributed by atoms with Crippen molar-refractivity contribution in [3.8, 4) is 0 Å². The van der Waals surface area contributed by atoms with E-state index in [9.17, 15) is 5.11 Å². The maximum absolute atomic E-state index is 9.30. The number of rotatable bonds is 5. The molecule has 0 aliphatic rings. The van der Waals surface area contributed by atoms with Crippen LogP contribution in [0.1, 0.15) is 29.7 Å². The van der Waals surface area contributed by atoms with Crippen LogP contribution in [0.2, 0.25) is 0 Å². The van der Waals surface area contributed by atoms with E-state index in [-0.39, 0.29) is 12.6 Å². The minimum absolute atomic E-state index is 0.0878. The van der Waals surface area contributed by atoms with Gasteiger partial charge in [-0.25, -0.2) is 0 Å². The fourth-order valence-corrected chi connectivity index (χ4v) is 2.28. The van der Waals surface area contributed by atoms with Crippen LogP contribution in [0.25, 0.3) is 0 Å². The molecule has 0 fully saturated rings. The molecule has 1 atom stereocenters. The van der Waals surface area contributed by atoms with Crippen LogP contribution in [0.15, 0.2) is 53.0 Å². The van der Waals surface area contributed by atoms with Gasteiger partial charge >= 0.3 is 0 Å². The molecule has 0 saturated carbocycles. The zero-order valence-electron chi connectivity index (χ0n) is 10.9. The molecule has 1 unspecified atom stereocenters. The SMILES string of the molecule is CC(NCc1ccccc1CO)c1ccc(Br)cc1. The summed E-state index contributed by atoms with van der Waals surface area (Å²) in [5.41, 5.74) is 3.39. The maximum Gasteiger partial charge on any atom is 0.0685 e. The third-order valence-electron chi connectivity index (χ3n) is 3.26. The predicted octanol–water partition coefficient (Wildman–Crippen LogP) is 3.79. The number of hydrogen-bond donors (Lipinski definition) is 2. The van der Waals surface area contributed by atoms with Crippen LogP contribution < -0.4 is 5.32 Å². The van der Waals surface area contributed by atoms with E-state index in [0.29, 0.717) is 0 Å². The van der Waals surface area contributed by atoms with Gasteiger partial charge in [-0.3, -0.25) is 0 Å². The highest BCUT2D eigenvalue weighted by molar-refractivity contribution is 9.10. The minimum Gasteiger partial charge on any atom is -0.392 e. The Morgan fingerprint density at radius 1 is 1.05 bits per heavy atom. The van der Waals surface area contributed by atoms with Crippen molar-refractivity contribution in [3.63, 3.8) is 0 Å². The Balaban J connectivity index is 2.00. The molecular formula is C16H18BrNO. The molecule has 0 saturated heterocycles. The van der Waals surface area contributed by atoms with Gasteiger partial charge in [-0.2, -0.15) is 0 Å². The summed E-state index contributed by atoms with van der Waals surface area (Å²) < 4.78 is 1.09. The molecule has 19 heavy (non-hydrogen) atoms. The van der Waals surface area contributed by atoms with Gasteiger partial charge in [0.15, 0.2) is 0 Å². The summed E-state index contributed by atoms with van der Waals surface area (Å²) in [6.07, 6.45) is 0. The summed E-state index contributed by atoms with van der Waals surface area (Å²) in [7, 11) is 0. The molecule has 0 heterocycles. The van der Waals surface area contributed by atoms with Crippen molar-refractivity contribution < 1.29 is 5.11 Å². The fourth-order valence-electron chi connectivity index (χ4n) is 2.02. The minimum atomic E-state index is 0.0878. The second-order valence-electron chi connectivity index (χ2n) is 4.58. The van der Waals surface area contributed by atoms with E-state index < -0.39 is 0 Å². The van der Waals surface area contributed by atoms with Crippen LogP contribution >= 0.6 is 15.9 Å². The Bertz CT molecular complexity index is 525. The molecule has 2 rings (SSSR count). The van der Waals surface area contributed by atoms with E-state index in [2.05, 4.69) is 52.4 Å². The monoisotopic (exact) mass is 319 g/mol. The van der Waals surface area contributed by atoms with Crippen molar-refractivity contribution in [1.29, 1.82) is 0 Å². The second kappa shape index (κ2) is 6.85. The smallest absolute Gasteiger partial charge is 0.0685 e. The average molecular weight is 320 g/mol. The molecule has 0 spiro atoms. The van der Waals surface area contributed by atoms with Gasteiger partial charge in [0, 0.05) is 17.1 Å². The van der Waals surface area contributed by atoms with Crippen LogP contribution in [0.4, 0.5) is 0 Å². The summed E-state index contributed by atoms with van der Waals surface area (Å²) in [5, 5.41) is 12.8. The first-order chi connectivity index (χ1) is 9.20. The molecule has 0 aliphatic carbocycles. The number of halogens is 1. The lowest BCUT2D eigenvalue weighted by atomic mass is 10.1. The van der Waals surface area contributed by atoms with Crippen molar-refractivity contribution in [2.75, 3.05) is 0 Å². The van der Waals surface area contributed by atoms with E-state index in [1.54, 1.807) is 0 Å². The maximum atomic E-state index is 9.30. The van der Waals surface area contributed by atoms with Gasteiger partial charge in [-0.05, 0) is 35.7 Å². The molecule has 3 heteroatoms. The first kappa shape index (κ1) is 14.3. The normalized spacial score (nSPS) is 12.4. The van der Waals surface area contributed by atoms with E-state index in [4.69, 9.17) is 0 Å².